The third-order valence-electron chi connectivity index (χ3n) is 3.62. The number of rotatable bonds is 1. The number of halogens is 1. The van der Waals surface area contributed by atoms with Gasteiger partial charge in [0.05, 0.1) is 13.0 Å². The van der Waals surface area contributed by atoms with Gasteiger partial charge in [0.1, 0.15) is 5.82 Å². The molecule has 2 aliphatic rings. The van der Waals surface area contributed by atoms with Crippen molar-refractivity contribution in [2.75, 3.05) is 6.61 Å². The van der Waals surface area contributed by atoms with Gasteiger partial charge in [-0.2, -0.15) is 0 Å². The highest BCUT2D eigenvalue weighted by atomic mass is 19.1. The summed E-state index contributed by atoms with van der Waals surface area (Å²) in [5.41, 5.74) is 0.936. The monoisotopic (exact) mass is 220 g/mol. The van der Waals surface area contributed by atoms with E-state index in [4.69, 9.17) is 4.74 Å². The Hall–Kier alpha value is -1.38. The van der Waals surface area contributed by atoms with Crippen molar-refractivity contribution in [3.8, 4) is 0 Å². The number of carbonyl (C=O) groups excluding carboxylic acids is 1. The first-order chi connectivity index (χ1) is 7.74. The Morgan fingerprint density at radius 1 is 1.38 bits per heavy atom. The van der Waals surface area contributed by atoms with Crippen LogP contribution in [0.15, 0.2) is 24.3 Å². The summed E-state index contributed by atoms with van der Waals surface area (Å²) in [7, 11) is 0. The summed E-state index contributed by atoms with van der Waals surface area (Å²) in [6, 6.07) is 6.58. The van der Waals surface area contributed by atoms with Crippen LogP contribution in [0.1, 0.15) is 24.3 Å². The molecule has 1 saturated carbocycles. The second kappa shape index (κ2) is 3.58. The molecule has 0 unspecified atom stereocenters. The molecule has 0 N–H and O–H groups in total. The summed E-state index contributed by atoms with van der Waals surface area (Å²) >= 11 is 0. The summed E-state index contributed by atoms with van der Waals surface area (Å²) in [6.07, 6.45) is 1.50. The number of carbonyl (C=O) groups is 1. The van der Waals surface area contributed by atoms with Crippen molar-refractivity contribution in [1.82, 2.24) is 0 Å². The fraction of sp³-hybridized carbons (Fsp3) is 0.462. The third kappa shape index (κ3) is 1.70. The lowest BCUT2D eigenvalue weighted by molar-refractivity contribution is -0.143. The molecule has 16 heavy (non-hydrogen) atoms. The quantitative estimate of drug-likeness (QED) is 0.680. The molecule has 3 atom stereocenters. The van der Waals surface area contributed by atoms with Crippen LogP contribution in [0, 0.1) is 17.7 Å². The van der Waals surface area contributed by atoms with E-state index in [9.17, 15) is 9.18 Å². The summed E-state index contributed by atoms with van der Waals surface area (Å²) in [5, 5.41) is 0. The number of hydrogen-bond donors (Lipinski definition) is 0. The average molecular weight is 220 g/mol. The molecule has 1 aliphatic carbocycles. The molecule has 2 nitrogen and oxygen atoms in total. The van der Waals surface area contributed by atoms with Crippen LogP contribution < -0.4 is 0 Å². The van der Waals surface area contributed by atoms with Crippen LogP contribution in [-0.2, 0) is 9.53 Å². The van der Waals surface area contributed by atoms with E-state index in [2.05, 4.69) is 0 Å². The van der Waals surface area contributed by atoms with Gasteiger partial charge < -0.3 is 4.74 Å². The zero-order chi connectivity index (χ0) is 11.1. The Labute approximate surface area is 93.4 Å². The van der Waals surface area contributed by atoms with Crippen LogP contribution in [0.25, 0.3) is 0 Å². The Kier molecular flexibility index (Phi) is 2.20. The van der Waals surface area contributed by atoms with E-state index >= 15 is 0 Å². The second-order valence-corrected chi connectivity index (χ2v) is 4.71. The van der Waals surface area contributed by atoms with E-state index in [0.29, 0.717) is 24.9 Å². The van der Waals surface area contributed by atoms with Crippen LogP contribution in [0.5, 0.6) is 0 Å². The van der Waals surface area contributed by atoms with Crippen LogP contribution in [0.3, 0.4) is 0 Å². The molecule has 3 heteroatoms. The third-order valence-corrected chi connectivity index (χ3v) is 3.62. The predicted octanol–water partition coefficient (Wildman–Crippen LogP) is 2.49. The molecule has 1 aromatic rings. The Morgan fingerprint density at radius 2 is 2.25 bits per heavy atom. The van der Waals surface area contributed by atoms with Gasteiger partial charge in [0.25, 0.3) is 0 Å². The molecule has 84 valence electrons. The summed E-state index contributed by atoms with van der Waals surface area (Å²) in [5.74, 6) is 0.775. The zero-order valence-electron chi connectivity index (χ0n) is 8.86. The molecule has 1 heterocycles. The summed E-state index contributed by atoms with van der Waals surface area (Å²) in [6.45, 7) is 0.551. The summed E-state index contributed by atoms with van der Waals surface area (Å²) < 4.78 is 18.3. The molecular formula is C13H13FO2. The van der Waals surface area contributed by atoms with Gasteiger partial charge in [-0.1, -0.05) is 12.1 Å². The van der Waals surface area contributed by atoms with Crippen LogP contribution in [0.2, 0.25) is 0 Å². The molecule has 1 saturated heterocycles. The van der Waals surface area contributed by atoms with Crippen molar-refractivity contribution in [2.45, 2.75) is 18.8 Å². The first kappa shape index (κ1) is 9.82. The highest BCUT2D eigenvalue weighted by molar-refractivity contribution is 5.71. The number of hydrogen-bond acceptors (Lipinski definition) is 2. The summed E-state index contributed by atoms with van der Waals surface area (Å²) in [4.78, 5) is 11.4. The second-order valence-electron chi connectivity index (χ2n) is 4.71. The first-order valence-corrected chi connectivity index (χ1v) is 5.65. The standard InChI is InChI=1S/C13H13FO2/c14-10-3-1-2-8(4-10)12-6-13(15)16-7-9-5-11(9)12/h1-4,9,11-12H,5-7H2/t9-,11-,12+/m0/s1. The molecule has 3 rings (SSSR count). The van der Waals surface area contributed by atoms with Crippen LogP contribution in [-0.4, -0.2) is 12.6 Å². The van der Waals surface area contributed by atoms with Gasteiger partial charge in [-0.05, 0) is 41.9 Å². The van der Waals surface area contributed by atoms with Gasteiger partial charge in [0.15, 0.2) is 0 Å². The fourth-order valence-corrected chi connectivity index (χ4v) is 2.65. The van der Waals surface area contributed by atoms with Gasteiger partial charge >= 0.3 is 5.97 Å². The minimum atomic E-state index is -0.229. The molecule has 0 spiro atoms. The maximum absolute atomic E-state index is 13.1. The number of benzene rings is 1. The maximum Gasteiger partial charge on any atom is 0.306 e. The highest BCUT2D eigenvalue weighted by Gasteiger charge is 2.47. The fourth-order valence-electron chi connectivity index (χ4n) is 2.65. The lowest BCUT2D eigenvalue weighted by Crippen LogP contribution is -2.09. The van der Waals surface area contributed by atoms with E-state index in [1.165, 1.54) is 6.07 Å². The first-order valence-electron chi connectivity index (χ1n) is 5.65. The van der Waals surface area contributed by atoms with Gasteiger partial charge in [-0.3, -0.25) is 4.79 Å². The topological polar surface area (TPSA) is 26.3 Å². The van der Waals surface area contributed by atoms with Gasteiger partial charge in [0, 0.05) is 0 Å². The number of esters is 1. The number of ether oxygens (including phenoxy) is 1. The van der Waals surface area contributed by atoms with Crippen LogP contribution in [0.4, 0.5) is 4.39 Å². The number of cyclic esters (lactones) is 1. The molecule has 0 radical (unpaired) electrons. The van der Waals surface area contributed by atoms with E-state index in [1.807, 2.05) is 6.07 Å². The SMILES string of the molecule is O=C1C[C@H](c2cccc(F)c2)[C@H]2C[C@H]2CO1. The van der Waals surface area contributed by atoms with E-state index in [-0.39, 0.29) is 17.7 Å². The molecular weight excluding hydrogens is 207 g/mol. The highest BCUT2D eigenvalue weighted by Crippen LogP contribution is 2.51. The Balaban J connectivity index is 1.90. The minimum Gasteiger partial charge on any atom is -0.465 e. The van der Waals surface area contributed by atoms with Crippen molar-refractivity contribution < 1.29 is 13.9 Å². The van der Waals surface area contributed by atoms with E-state index < -0.39 is 0 Å². The molecule has 1 aromatic carbocycles. The molecule has 0 amide bonds. The Morgan fingerprint density at radius 3 is 3.06 bits per heavy atom. The molecule has 0 bridgehead atoms. The van der Waals surface area contributed by atoms with Gasteiger partial charge in [-0.15, -0.1) is 0 Å². The lowest BCUT2D eigenvalue weighted by atomic mass is 9.90. The van der Waals surface area contributed by atoms with E-state index in [1.54, 1.807) is 12.1 Å². The maximum atomic E-state index is 13.1. The smallest absolute Gasteiger partial charge is 0.306 e. The van der Waals surface area contributed by atoms with Gasteiger partial charge in [0.2, 0.25) is 0 Å². The molecule has 0 aromatic heterocycles. The largest absolute Gasteiger partial charge is 0.465 e. The normalized spacial score (nSPS) is 32.6. The zero-order valence-corrected chi connectivity index (χ0v) is 8.86. The molecule has 2 fully saturated rings. The molecule has 1 aliphatic heterocycles. The Bertz CT molecular complexity index is 430. The van der Waals surface area contributed by atoms with Crippen molar-refractivity contribution in [3.05, 3.63) is 35.6 Å². The van der Waals surface area contributed by atoms with E-state index in [0.717, 1.165) is 12.0 Å². The van der Waals surface area contributed by atoms with Crippen molar-refractivity contribution in [3.63, 3.8) is 0 Å². The van der Waals surface area contributed by atoms with Crippen molar-refractivity contribution in [2.24, 2.45) is 11.8 Å². The lowest BCUT2D eigenvalue weighted by Gasteiger charge is -2.13. The predicted molar refractivity (Wildman–Crippen MR) is 56.3 cm³/mol. The van der Waals surface area contributed by atoms with Crippen molar-refractivity contribution in [1.29, 1.82) is 0 Å². The average Bonchev–Trinajstić information content (AvgIpc) is 3.01. The van der Waals surface area contributed by atoms with Gasteiger partial charge in [-0.25, -0.2) is 4.39 Å². The number of fused-ring (bicyclic) bond motifs is 1. The van der Waals surface area contributed by atoms with Crippen LogP contribution >= 0.6 is 0 Å². The van der Waals surface area contributed by atoms with Crippen molar-refractivity contribution >= 4 is 5.97 Å². The minimum absolute atomic E-state index is 0.149.